The molecule has 0 aliphatic carbocycles. The first-order valence-electron chi connectivity index (χ1n) is 9.63. The van der Waals surface area contributed by atoms with Gasteiger partial charge in [-0.25, -0.2) is 0 Å². The summed E-state index contributed by atoms with van der Waals surface area (Å²) in [6.45, 7) is 8.83. The van der Waals surface area contributed by atoms with Crippen molar-refractivity contribution in [2.24, 2.45) is 0 Å². The third-order valence-electron chi connectivity index (χ3n) is 5.36. The van der Waals surface area contributed by atoms with Gasteiger partial charge < -0.3 is 18.5 Å². The normalized spacial score (nSPS) is 11.2. The molecule has 6 heteroatoms. The molecule has 29 heavy (non-hydrogen) atoms. The second-order valence-electron chi connectivity index (χ2n) is 7.38. The molecule has 0 atom stereocenters. The van der Waals surface area contributed by atoms with Gasteiger partial charge in [-0.3, -0.25) is 9.59 Å². The quantitative estimate of drug-likeness (QED) is 0.423. The zero-order valence-electron chi connectivity index (χ0n) is 17.6. The van der Waals surface area contributed by atoms with Crippen molar-refractivity contribution in [2.75, 3.05) is 20.3 Å². The molecule has 2 heterocycles. The Balaban J connectivity index is 1.64. The van der Waals surface area contributed by atoms with Gasteiger partial charge in [-0.1, -0.05) is 0 Å². The third-order valence-corrected chi connectivity index (χ3v) is 5.36. The lowest BCUT2D eigenvalue weighted by Crippen LogP contribution is -2.16. The highest BCUT2D eigenvalue weighted by Crippen LogP contribution is 2.25. The molecule has 0 aliphatic rings. The summed E-state index contributed by atoms with van der Waals surface area (Å²) in [6.07, 6.45) is 1.64. The SMILES string of the molecule is COCCn1c(C)cc(C(=O)COC(=O)Cc2coc3cc(C)c(C)cc23)c1C. The van der Waals surface area contributed by atoms with Gasteiger partial charge in [0.05, 0.1) is 19.3 Å². The second-order valence-corrected chi connectivity index (χ2v) is 7.38. The number of ketones is 1. The Bertz CT molecular complexity index is 1060. The molecule has 6 nitrogen and oxygen atoms in total. The number of carbonyl (C=O) groups is 2. The maximum Gasteiger partial charge on any atom is 0.310 e. The minimum Gasteiger partial charge on any atom is -0.464 e. The fourth-order valence-corrected chi connectivity index (χ4v) is 3.51. The number of Topliss-reactive ketones (excluding diaryl/α,β-unsaturated/α-hetero) is 1. The van der Waals surface area contributed by atoms with Crippen molar-refractivity contribution in [3.63, 3.8) is 0 Å². The molecule has 0 N–H and O–H groups in total. The zero-order valence-corrected chi connectivity index (χ0v) is 17.6. The molecule has 0 aliphatic heterocycles. The number of esters is 1. The number of nitrogens with zero attached hydrogens (tertiary/aromatic N) is 1. The molecule has 2 aromatic heterocycles. The van der Waals surface area contributed by atoms with Crippen molar-refractivity contribution in [1.29, 1.82) is 0 Å². The smallest absolute Gasteiger partial charge is 0.310 e. The van der Waals surface area contributed by atoms with Crippen LogP contribution in [0.25, 0.3) is 11.0 Å². The van der Waals surface area contributed by atoms with E-state index in [4.69, 9.17) is 13.9 Å². The van der Waals surface area contributed by atoms with E-state index in [0.29, 0.717) is 18.7 Å². The fourth-order valence-electron chi connectivity index (χ4n) is 3.51. The average Bonchev–Trinajstić information content (AvgIpc) is 3.19. The van der Waals surface area contributed by atoms with Crippen molar-refractivity contribution in [3.05, 3.63) is 58.1 Å². The number of aromatic nitrogens is 1. The lowest BCUT2D eigenvalue weighted by molar-refractivity contribution is -0.141. The number of hydrogen-bond donors (Lipinski definition) is 0. The van der Waals surface area contributed by atoms with E-state index in [0.717, 1.165) is 39.0 Å². The third kappa shape index (κ3) is 4.43. The molecule has 0 bridgehead atoms. The van der Waals surface area contributed by atoms with E-state index in [-0.39, 0.29) is 18.8 Å². The number of benzene rings is 1. The lowest BCUT2D eigenvalue weighted by atomic mass is 10.0. The highest BCUT2D eigenvalue weighted by molar-refractivity contribution is 5.99. The van der Waals surface area contributed by atoms with Gasteiger partial charge in [0.2, 0.25) is 5.78 Å². The maximum atomic E-state index is 12.6. The highest BCUT2D eigenvalue weighted by Gasteiger charge is 2.18. The van der Waals surface area contributed by atoms with Gasteiger partial charge in [0.15, 0.2) is 6.61 Å². The van der Waals surface area contributed by atoms with Crippen LogP contribution in [-0.2, 0) is 27.2 Å². The number of aryl methyl sites for hydroxylation is 3. The van der Waals surface area contributed by atoms with Crippen LogP contribution < -0.4 is 0 Å². The van der Waals surface area contributed by atoms with E-state index in [1.807, 2.05) is 50.5 Å². The van der Waals surface area contributed by atoms with Crippen LogP contribution in [0.4, 0.5) is 0 Å². The number of methoxy groups -OCH3 is 1. The zero-order chi connectivity index (χ0) is 21.1. The van der Waals surface area contributed by atoms with Gasteiger partial charge in [-0.05, 0) is 57.0 Å². The van der Waals surface area contributed by atoms with Gasteiger partial charge in [0.1, 0.15) is 5.58 Å². The molecule has 0 radical (unpaired) electrons. The molecule has 0 spiro atoms. The maximum absolute atomic E-state index is 12.6. The van der Waals surface area contributed by atoms with Crippen LogP contribution in [0.2, 0.25) is 0 Å². The standard InChI is InChI=1S/C23H27NO5/c1-14-8-20-18(12-28-22(20)9-15(14)2)11-23(26)29-13-21(25)19-10-16(3)24(17(19)4)6-7-27-5/h8-10,12H,6-7,11,13H2,1-5H3. The van der Waals surface area contributed by atoms with E-state index in [9.17, 15) is 9.59 Å². The van der Waals surface area contributed by atoms with Crippen LogP contribution in [0.3, 0.4) is 0 Å². The van der Waals surface area contributed by atoms with E-state index >= 15 is 0 Å². The molecular weight excluding hydrogens is 370 g/mol. The molecule has 0 saturated carbocycles. The predicted molar refractivity (Wildman–Crippen MR) is 110 cm³/mol. The van der Waals surface area contributed by atoms with Crippen molar-refractivity contribution < 1.29 is 23.5 Å². The van der Waals surface area contributed by atoms with Crippen molar-refractivity contribution >= 4 is 22.7 Å². The summed E-state index contributed by atoms with van der Waals surface area (Å²) >= 11 is 0. The van der Waals surface area contributed by atoms with Crippen LogP contribution in [0, 0.1) is 27.7 Å². The molecule has 0 unspecified atom stereocenters. The molecule has 154 valence electrons. The Labute approximate surface area is 170 Å². The first kappa shape index (κ1) is 20.9. The molecule has 3 aromatic rings. The lowest BCUT2D eigenvalue weighted by Gasteiger charge is -2.09. The van der Waals surface area contributed by atoms with Crippen LogP contribution in [0.1, 0.15) is 38.4 Å². The summed E-state index contributed by atoms with van der Waals surface area (Å²) in [6, 6.07) is 5.80. The summed E-state index contributed by atoms with van der Waals surface area (Å²) in [5.74, 6) is -0.661. The Hall–Kier alpha value is -2.86. The van der Waals surface area contributed by atoms with E-state index < -0.39 is 5.97 Å². The number of rotatable bonds is 8. The van der Waals surface area contributed by atoms with Gasteiger partial charge in [0.25, 0.3) is 0 Å². The van der Waals surface area contributed by atoms with Gasteiger partial charge in [-0.15, -0.1) is 0 Å². The van der Waals surface area contributed by atoms with Crippen LogP contribution in [0.15, 0.2) is 28.9 Å². The first-order valence-corrected chi connectivity index (χ1v) is 9.63. The molecule has 3 rings (SSSR count). The van der Waals surface area contributed by atoms with Gasteiger partial charge in [-0.2, -0.15) is 0 Å². The Kier molecular flexibility index (Phi) is 6.23. The van der Waals surface area contributed by atoms with Crippen LogP contribution in [0.5, 0.6) is 0 Å². The number of fused-ring (bicyclic) bond motifs is 1. The topological polar surface area (TPSA) is 70.7 Å². The minimum atomic E-state index is -0.451. The van der Waals surface area contributed by atoms with Crippen molar-refractivity contribution in [1.82, 2.24) is 4.57 Å². The van der Waals surface area contributed by atoms with E-state index in [1.54, 1.807) is 13.4 Å². The van der Waals surface area contributed by atoms with Crippen molar-refractivity contribution in [3.8, 4) is 0 Å². The second kappa shape index (κ2) is 8.66. The molecule has 0 fully saturated rings. The molecule has 0 amide bonds. The number of furan rings is 1. The number of ether oxygens (including phenoxy) is 2. The minimum absolute atomic E-state index is 0.0651. The summed E-state index contributed by atoms with van der Waals surface area (Å²) in [7, 11) is 1.64. The van der Waals surface area contributed by atoms with Gasteiger partial charge in [0, 0.05) is 41.6 Å². The molecule has 0 saturated heterocycles. The Morgan fingerprint density at radius 2 is 1.79 bits per heavy atom. The van der Waals surface area contributed by atoms with Crippen molar-refractivity contribution in [2.45, 2.75) is 40.7 Å². The largest absolute Gasteiger partial charge is 0.464 e. The molecular formula is C23H27NO5. The average molecular weight is 397 g/mol. The van der Waals surface area contributed by atoms with E-state index in [1.165, 1.54) is 0 Å². The predicted octanol–water partition coefficient (Wildman–Crippen LogP) is 4.08. The fraction of sp³-hybridized carbons (Fsp3) is 0.391. The monoisotopic (exact) mass is 397 g/mol. The number of hydrogen-bond acceptors (Lipinski definition) is 5. The summed E-state index contributed by atoms with van der Waals surface area (Å²) in [5.41, 5.74) is 6.18. The van der Waals surface area contributed by atoms with E-state index in [2.05, 4.69) is 0 Å². The summed E-state index contributed by atoms with van der Waals surface area (Å²) in [5, 5.41) is 0.901. The highest BCUT2D eigenvalue weighted by atomic mass is 16.5. The Morgan fingerprint density at radius 1 is 1.07 bits per heavy atom. The molecule has 1 aromatic carbocycles. The van der Waals surface area contributed by atoms with Gasteiger partial charge >= 0.3 is 5.97 Å². The van der Waals surface area contributed by atoms with Crippen LogP contribution in [-0.4, -0.2) is 36.6 Å². The summed E-state index contributed by atoms with van der Waals surface area (Å²) < 4.78 is 18.0. The van der Waals surface area contributed by atoms with Crippen LogP contribution >= 0.6 is 0 Å². The summed E-state index contributed by atoms with van der Waals surface area (Å²) in [4.78, 5) is 24.9. The first-order chi connectivity index (χ1) is 13.8. The number of carbonyl (C=O) groups excluding carboxylic acids is 2. The Morgan fingerprint density at radius 3 is 2.52 bits per heavy atom.